The van der Waals surface area contributed by atoms with Crippen LogP contribution in [0.2, 0.25) is 5.02 Å². The predicted octanol–water partition coefficient (Wildman–Crippen LogP) is 4.93. The quantitative estimate of drug-likeness (QED) is 0.655. The van der Waals surface area contributed by atoms with Gasteiger partial charge in [-0.3, -0.25) is 4.79 Å². The van der Waals surface area contributed by atoms with Gasteiger partial charge in [0, 0.05) is 36.1 Å². The molecule has 1 saturated heterocycles. The maximum atomic E-state index is 12.7. The van der Waals surface area contributed by atoms with Crippen molar-refractivity contribution in [2.45, 2.75) is 39.2 Å². The zero-order valence-corrected chi connectivity index (χ0v) is 15.8. The molecule has 26 heavy (non-hydrogen) atoms. The van der Waals surface area contributed by atoms with Crippen LogP contribution in [0, 0.1) is 6.92 Å². The van der Waals surface area contributed by atoms with Gasteiger partial charge in [0.2, 0.25) is 5.91 Å². The second-order valence-corrected chi connectivity index (χ2v) is 7.36. The number of carbonyl (C=O) groups excluding carboxylic acids is 1. The van der Waals surface area contributed by atoms with E-state index in [4.69, 9.17) is 16.6 Å². The third-order valence-electron chi connectivity index (χ3n) is 5.09. The highest BCUT2D eigenvalue weighted by Crippen LogP contribution is 2.34. The van der Waals surface area contributed by atoms with E-state index in [2.05, 4.69) is 17.6 Å². The Morgan fingerprint density at radius 3 is 2.81 bits per heavy atom. The van der Waals surface area contributed by atoms with Gasteiger partial charge >= 0.3 is 0 Å². The number of nitrogens with zero attached hydrogens (tertiary/aromatic N) is 3. The molecule has 0 spiro atoms. The molecule has 1 atom stereocenters. The molecule has 3 aromatic rings. The summed E-state index contributed by atoms with van der Waals surface area (Å²) in [4.78, 5) is 19.4. The number of aromatic nitrogens is 2. The fourth-order valence-electron chi connectivity index (χ4n) is 3.74. The third-order valence-corrected chi connectivity index (χ3v) is 5.50. The molecule has 1 aliphatic heterocycles. The second kappa shape index (κ2) is 6.76. The van der Waals surface area contributed by atoms with Crippen LogP contribution in [0.5, 0.6) is 0 Å². The molecule has 0 saturated carbocycles. The third kappa shape index (κ3) is 2.88. The number of aryl methyl sites for hydroxylation is 2. The summed E-state index contributed by atoms with van der Waals surface area (Å²) >= 11 is 6.26. The number of fused-ring (bicyclic) bond motifs is 1. The van der Waals surface area contributed by atoms with E-state index >= 15 is 0 Å². The molecule has 1 aromatic heterocycles. The number of anilines is 1. The van der Waals surface area contributed by atoms with E-state index in [1.54, 1.807) is 0 Å². The molecule has 0 bridgehead atoms. The lowest BCUT2D eigenvalue weighted by Gasteiger charge is -2.18. The molecule has 134 valence electrons. The summed E-state index contributed by atoms with van der Waals surface area (Å²) in [5, 5.41) is 0.692. The van der Waals surface area contributed by atoms with Gasteiger partial charge in [0.05, 0.1) is 11.0 Å². The summed E-state index contributed by atoms with van der Waals surface area (Å²) < 4.78 is 2.28. The molecule has 5 heteroatoms. The summed E-state index contributed by atoms with van der Waals surface area (Å²) in [5.41, 5.74) is 4.03. The van der Waals surface area contributed by atoms with Gasteiger partial charge in [0.25, 0.3) is 0 Å². The van der Waals surface area contributed by atoms with Crippen molar-refractivity contribution in [1.29, 1.82) is 0 Å². The molecular weight excluding hydrogens is 346 g/mol. The van der Waals surface area contributed by atoms with Gasteiger partial charge < -0.3 is 9.47 Å². The van der Waals surface area contributed by atoms with Crippen LogP contribution in [-0.4, -0.2) is 22.0 Å². The first-order valence-corrected chi connectivity index (χ1v) is 9.48. The Hall–Kier alpha value is -2.33. The maximum absolute atomic E-state index is 12.7. The normalized spacial score (nSPS) is 17.4. The highest BCUT2D eigenvalue weighted by molar-refractivity contribution is 6.31. The molecule has 1 fully saturated rings. The monoisotopic (exact) mass is 367 g/mol. The molecule has 1 amide bonds. The fourth-order valence-corrected chi connectivity index (χ4v) is 3.92. The van der Waals surface area contributed by atoms with Crippen molar-refractivity contribution in [3.05, 3.63) is 58.9 Å². The van der Waals surface area contributed by atoms with E-state index in [9.17, 15) is 4.79 Å². The molecule has 1 aliphatic rings. The van der Waals surface area contributed by atoms with Gasteiger partial charge in [-0.05, 0) is 43.2 Å². The standard InChI is InChI=1S/C21H22ClN3O/c1-3-10-24-19-7-5-4-6-18(19)23-21(24)15-11-20(26)25(13-15)16-9-8-14(2)17(22)12-16/h4-9,12,15H,3,10-11,13H2,1-2H3. The lowest BCUT2D eigenvalue weighted by Crippen LogP contribution is -2.24. The smallest absolute Gasteiger partial charge is 0.227 e. The minimum atomic E-state index is 0.0986. The van der Waals surface area contributed by atoms with Crippen molar-refractivity contribution in [3.63, 3.8) is 0 Å². The Morgan fingerprint density at radius 2 is 2.04 bits per heavy atom. The summed E-state index contributed by atoms with van der Waals surface area (Å²) in [6.45, 7) is 5.69. The molecule has 1 unspecified atom stereocenters. The topological polar surface area (TPSA) is 38.1 Å². The van der Waals surface area contributed by atoms with Crippen molar-refractivity contribution in [2.75, 3.05) is 11.4 Å². The Kier molecular flexibility index (Phi) is 4.45. The highest BCUT2D eigenvalue weighted by Gasteiger charge is 2.34. The van der Waals surface area contributed by atoms with Gasteiger partial charge in [-0.1, -0.05) is 36.7 Å². The molecule has 0 aliphatic carbocycles. The minimum Gasteiger partial charge on any atom is -0.328 e. The minimum absolute atomic E-state index is 0.0986. The van der Waals surface area contributed by atoms with E-state index in [0.717, 1.165) is 41.1 Å². The summed E-state index contributed by atoms with van der Waals surface area (Å²) in [5.74, 6) is 1.24. The lowest BCUT2D eigenvalue weighted by atomic mass is 10.1. The zero-order chi connectivity index (χ0) is 18.3. The van der Waals surface area contributed by atoms with Gasteiger partial charge in [-0.2, -0.15) is 0 Å². The number of carbonyl (C=O) groups is 1. The van der Waals surface area contributed by atoms with Crippen LogP contribution >= 0.6 is 11.6 Å². The van der Waals surface area contributed by atoms with Crippen molar-refractivity contribution in [1.82, 2.24) is 9.55 Å². The molecule has 2 heterocycles. The number of rotatable bonds is 4. The average molecular weight is 368 g/mol. The molecule has 0 radical (unpaired) electrons. The molecular formula is C21H22ClN3O. The van der Waals surface area contributed by atoms with Gasteiger partial charge in [-0.15, -0.1) is 0 Å². The van der Waals surface area contributed by atoms with Crippen LogP contribution in [0.25, 0.3) is 11.0 Å². The summed E-state index contributed by atoms with van der Waals surface area (Å²) in [6.07, 6.45) is 1.52. The Morgan fingerprint density at radius 1 is 1.23 bits per heavy atom. The first-order valence-electron chi connectivity index (χ1n) is 9.10. The Balaban J connectivity index is 1.69. The fraction of sp³-hybridized carbons (Fsp3) is 0.333. The Labute approximate surface area is 158 Å². The number of imidazole rings is 1. The van der Waals surface area contributed by atoms with E-state index in [1.165, 1.54) is 0 Å². The van der Waals surface area contributed by atoms with Crippen LogP contribution in [0.1, 0.15) is 37.1 Å². The predicted molar refractivity (Wildman–Crippen MR) is 106 cm³/mol. The van der Waals surface area contributed by atoms with Crippen LogP contribution in [0.4, 0.5) is 5.69 Å². The maximum Gasteiger partial charge on any atom is 0.227 e. The SMILES string of the molecule is CCCn1c(C2CC(=O)N(c3ccc(C)c(Cl)c3)C2)nc2ccccc21. The number of para-hydroxylation sites is 2. The van der Waals surface area contributed by atoms with Gasteiger partial charge in [0.1, 0.15) is 5.82 Å². The van der Waals surface area contributed by atoms with Crippen LogP contribution in [0.3, 0.4) is 0 Å². The molecule has 2 aromatic carbocycles. The van der Waals surface area contributed by atoms with Crippen molar-refractivity contribution >= 4 is 34.2 Å². The van der Waals surface area contributed by atoms with Crippen LogP contribution in [0.15, 0.2) is 42.5 Å². The van der Waals surface area contributed by atoms with E-state index < -0.39 is 0 Å². The molecule has 4 rings (SSSR count). The van der Waals surface area contributed by atoms with E-state index in [1.807, 2.05) is 48.2 Å². The first kappa shape index (κ1) is 17.1. The number of amides is 1. The summed E-state index contributed by atoms with van der Waals surface area (Å²) in [6, 6.07) is 14.0. The van der Waals surface area contributed by atoms with E-state index in [-0.39, 0.29) is 11.8 Å². The largest absolute Gasteiger partial charge is 0.328 e. The number of hydrogen-bond donors (Lipinski definition) is 0. The van der Waals surface area contributed by atoms with Gasteiger partial charge in [-0.25, -0.2) is 4.98 Å². The lowest BCUT2D eigenvalue weighted by molar-refractivity contribution is -0.117. The Bertz CT molecular complexity index is 979. The van der Waals surface area contributed by atoms with E-state index in [0.29, 0.717) is 18.0 Å². The second-order valence-electron chi connectivity index (χ2n) is 6.95. The van der Waals surface area contributed by atoms with Crippen molar-refractivity contribution in [3.8, 4) is 0 Å². The van der Waals surface area contributed by atoms with Gasteiger partial charge in [0.15, 0.2) is 0 Å². The first-order chi connectivity index (χ1) is 12.6. The molecule has 4 nitrogen and oxygen atoms in total. The number of halogens is 1. The van der Waals surface area contributed by atoms with Crippen LogP contribution in [-0.2, 0) is 11.3 Å². The number of benzene rings is 2. The highest BCUT2D eigenvalue weighted by atomic mass is 35.5. The van der Waals surface area contributed by atoms with Crippen molar-refractivity contribution in [2.24, 2.45) is 0 Å². The van der Waals surface area contributed by atoms with Crippen molar-refractivity contribution < 1.29 is 4.79 Å². The zero-order valence-electron chi connectivity index (χ0n) is 15.1. The van der Waals surface area contributed by atoms with Crippen LogP contribution < -0.4 is 4.90 Å². The average Bonchev–Trinajstić information content (AvgIpc) is 3.19. The summed E-state index contributed by atoms with van der Waals surface area (Å²) in [7, 11) is 0. The molecule has 0 N–H and O–H groups in total. The number of hydrogen-bond acceptors (Lipinski definition) is 2.